The van der Waals surface area contributed by atoms with E-state index in [0.717, 1.165) is 0 Å². The third kappa shape index (κ3) is 4.24. The summed E-state index contributed by atoms with van der Waals surface area (Å²) in [6.07, 6.45) is -3.27. The second kappa shape index (κ2) is 7.50. The van der Waals surface area contributed by atoms with Crippen LogP contribution in [0.2, 0.25) is 10.0 Å². The molecule has 5 atom stereocenters. The van der Waals surface area contributed by atoms with E-state index in [0.29, 0.717) is 10.8 Å². The van der Waals surface area contributed by atoms with Crippen molar-refractivity contribution in [1.82, 2.24) is 5.32 Å². The predicted octanol–water partition coefficient (Wildman–Crippen LogP) is 2.11. The van der Waals surface area contributed by atoms with E-state index in [2.05, 4.69) is 5.32 Å². The van der Waals surface area contributed by atoms with Crippen LogP contribution in [0.25, 0.3) is 0 Å². The van der Waals surface area contributed by atoms with E-state index < -0.39 is 36.4 Å². The summed E-state index contributed by atoms with van der Waals surface area (Å²) in [7, 11) is 0. The molecule has 0 spiro atoms. The summed E-state index contributed by atoms with van der Waals surface area (Å²) in [5, 5.41) is 14.2. The zero-order valence-corrected chi connectivity index (χ0v) is 16.1. The van der Waals surface area contributed by atoms with Crippen LogP contribution >= 0.6 is 23.2 Å². The number of hydrogen-bond donors (Lipinski definition) is 2. The van der Waals surface area contributed by atoms with Gasteiger partial charge >= 0.3 is 0 Å². The van der Waals surface area contributed by atoms with Crippen molar-refractivity contribution in [1.29, 1.82) is 0 Å². The van der Waals surface area contributed by atoms with Crippen LogP contribution in [0.3, 0.4) is 0 Å². The smallest absolute Gasteiger partial charge is 0.223 e. The molecule has 0 saturated carbocycles. The summed E-state index contributed by atoms with van der Waals surface area (Å²) in [5.74, 6) is -0.877. The van der Waals surface area contributed by atoms with Gasteiger partial charge in [-0.3, -0.25) is 4.79 Å². The maximum absolute atomic E-state index is 11.6. The first-order valence-electron chi connectivity index (χ1n) is 8.20. The Kier molecular flexibility index (Phi) is 5.67. The molecule has 0 aliphatic carbocycles. The zero-order chi connectivity index (χ0) is 19.1. The minimum Gasteiger partial charge on any atom is -0.461 e. The molecule has 2 N–H and O–H groups in total. The normalized spacial score (nSPS) is 33.2. The SMILES string of the molecule is CC(=O)N[C@@H]1[C@@H](Oc2ccc(Cl)cc2Cl)O[C@@H]2COC(C)(C)O[C@@H]2[C@H]1O. The van der Waals surface area contributed by atoms with Crippen LogP contribution in [0.15, 0.2) is 18.2 Å². The first-order chi connectivity index (χ1) is 12.2. The first kappa shape index (κ1) is 19.7. The molecular weight excluding hydrogens is 385 g/mol. The van der Waals surface area contributed by atoms with Gasteiger partial charge in [-0.15, -0.1) is 0 Å². The lowest BCUT2D eigenvalue weighted by Crippen LogP contribution is -2.69. The van der Waals surface area contributed by atoms with Gasteiger partial charge in [0.2, 0.25) is 12.2 Å². The lowest BCUT2D eigenvalue weighted by molar-refractivity contribution is -0.361. The maximum Gasteiger partial charge on any atom is 0.223 e. The Labute approximate surface area is 161 Å². The van der Waals surface area contributed by atoms with Gasteiger partial charge in [0.15, 0.2) is 5.79 Å². The van der Waals surface area contributed by atoms with Crippen molar-refractivity contribution in [2.45, 2.75) is 57.2 Å². The molecule has 0 aromatic heterocycles. The van der Waals surface area contributed by atoms with Gasteiger partial charge in [0.05, 0.1) is 11.6 Å². The molecule has 2 aliphatic heterocycles. The number of halogens is 2. The fourth-order valence-corrected chi connectivity index (χ4v) is 3.48. The molecular formula is C17H21Cl2NO6. The molecule has 3 rings (SSSR count). The van der Waals surface area contributed by atoms with Crippen molar-refractivity contribution < 1.29 is 28.8 Å². The number of carbonyl (C=O) groups is 1. The van der Waals surface area contributed by atoms with E-state index in [1.54, 1.807) is 26.0 Å². The number of fused-ring (bicyclic) bond motifs is 1. The minimum absolute atomic E-state index is 0.218. The summed E-state index contributed by atoms with van der Waals surface area (Å²) >= 11 is 12.0. The van der Waals surface area contributed by atoms with E-state index in [1.165, 1.54) is 13.0 Å². The topological polar surface area (TPSA) is 86.3 Å². The summed E-state index contributed by atoms with van der Waals surface area (Å²) in [4.78, 5) is 11.6. The Morgan fingerprint density at radius 3 is 2.77 bits per heavy atom. The second-order valence-electron chi connectivity index (χ2n) is 6.75. The highest BCUT2D eigenvalue weighted by Gasteiger charge is 2.52. The van der Waals surface area contributed by atoms with Crippen molar-refractivity contribution in [2.24, 2.45) is 0 Å². The van der Waals surface area contributed by atoms with E-state index in [1.807, 2.05) is 0 Å². The molecule has 26 heavy (non-hydrogen) atoms. The lowest BCUT2D eigenvalue weighted by atomic mass is 9.95. The lowest BCUT2D eigenvalue weighted by Gasteiger charge is -2.49. The Morgan fingerprint density at radius 2 is 2.12 bits per heavy atom. The predicted molar refractivity (Wildman–Crippen MR) is 94.3 cm³/mol. The Morgan fingerprint density at radius 1 is 1.38 bits per heavy atom. The molecule has 7 nitrogen and oxygen atoms in total. The highest BCUT2D eigenvalue weighted by atomic mass is 35.5. The van der Waals surface area contributed by atoms with E-state index in [-0.39, 0.29) is 17.5 Å². The number of aliphatic hydroxyl groups excluding tert-OH is 1. The average molecular weight is 406 g/mol. The monoisotopic (exact) mass is 405 g/mol. The molecule has 0 unspecified atom stereocenters. The maximum atomic E-state index is 11.6. The Bertz CT molecular complexity index is 685. The van der Waals surface area contributed by atoms with Gasteiger partial charge in [-0.2, -0.15) is 0 Å². The number of ether oxygens (including phenoxy) is 4. The molecule has 0 bridgehead atoms. The molecule has 2 saturated heterocycles. The standard InChI is InChI=1S/C17H21Cl2NO6/c1-8(21)20-13-14(22)15-12(7-23-17(2,3)26-15)25-16(13)24-11-5-4-9(18)6-10(11)19/h4-6,12-16,22H,7H2,1-3H3,(H,20,21)/t12-,13+,14+,15+,16+/m1/s1. The van der Waals surface area contributed by atoms with Crippen LogP contribution in [-0.2, 0) is 19.0 Å². The van der Waals surface area contributed by atoms with Gasteiger partial charge in [-0.1, -0.05) is 23.2 Å². The highest BCUT2D eigenvalue weighted by Crippen LogP contribution is 2.35. The third-order valence-electron chi connectivity index (χ3n) is 4.20. The van der Waals surface area contributed by atoms with Crippen molar-refractivity contribution in [2.75, 3.05) is 6.61 Å². The quantitative estimate of drug-likeness (QED) is 0.800. The number of rotatable bonds is 3. The average Bonchev–Trinajstić information content (AvgIpc) is 2.53. The molecule has 2 heterocycles. The zero-order valence-electron chi connectivity index (χ0n) is 14.6. The fourth-order valence-electron chi connectivity index (χ4n) is 3.03. The molecule has 1 aromatic rings. The Hall–Kier alpha value is -1.09. The van der Waals surface area contributed by atoms with E-state index >= 15 is 0 Å². The molecule has 2 fully saturated rings. The first-order valence-corrected chi connectivity index (χ1v) is 8.96. The van der Waals surface area contributed by atoms with Crippen LogP contribution in [0.5, 0.6) is 5.75 Å². The number of nitrogens with one attached hydrogen (secondary N) is 1. The molecule has 9 heteroatoms. The number of hydrogen-bond acceptors (Lipinski definition) is 6. The summed E-state index contributed by atoms with van der Waals surface area (Å²) in [6.45, 7) is 5.06. The van der Waals surface area contributed by atoms with E-state index in [9.17, 15) is 9.90 Å². The largest absolute Gasteiger partial charge is 0.461 e. The van der Waals surface area contributed by atoms with Gasteiger partial charge in [0, 0.05) is 11.9 Å². The van der Waals surface area contributed by atoms with Gasteiger partial charge in [0.1, 0.15) is 30.1 Å². The van der Waals surface area contributed by atoms with Crippen LogP contribution in [0.4, 0.5) is 0 Å². The number of aliphatic hydroxyl groups is 1. The minimum atomic E-state index is -1.06. The molecule has 144 valence electrons. The molecule has 2 aliphatic rings. The van der Waals surface area contributed by atoms with Crippen molar-refractivity contribution in [3.05, 3.63) is 28.2 Å². The molecule has 1 aromatic carbocycles. The van der Waals surface area contributed by atoms with Gasteiger partial charge < -0.3 is 29.4 Å². The Balaban J connectivity index is 1.84. The van der Waals surface area contributed by atoms with Crippen molar-refractivity contribution in [3.8, 4) is 5.75 Å². The fraction of sp³-hybridized carbons (Fsp3) is 0.588. The highest BCUT2D eigenvalue weighted by molar-refractivity contribution is 6.35. The second-order valence-corrected chi connectivity index (χ2v) is 7.59. The number of carbonyl (C=O) groups excluding carboxylic acids is 1. The third-order valence-corrected chi connectivity index (χ3v) is 4.73. The van der Waals surface area contributed by atoms with E-state index in [4.69, 9.17) is 42.1 Å². The summed E-state index contributed by atoms with van der Waals surface area (Å²) < 4.78 is 23.1. The summed E-state index contributed by atoms with van der Waals surface area (Å²) in [5.41, 5.74) is 0. The molecule has 0 radical (unpaired) electrons. The molecule has 1 amide bonds. The number of amides is 1. The van der Waals surface area contributed by atoms with Crippen LogP contribution < -0.4 is 10.1 Å². The van der Waals surface area contributed by atoms with Crippen LogP contribution in [-0.4, -0.2) is 54.1 Å². The van der Waals surface area contributed by atoms with Gasteiger partial charge in [-0.25, -0.2) is 0 Å². The number of benzene rings is 1. The van der Waals surface area contributed by atoms with Crippen LogP contribution in [0, 0.1) is 0 Å². The van der Waals surface area contributed by atoms with Crippen molar-refractivity contribution in [3.63, 3.8) is 0 Å². The van der Waals surface area contributed by atoms with Crippen LogP contribution in [0.1, 0.15) is 20.8 Å². The summed E-state index contributed by atoms with van der Waals surface area (Å²) in [6, 6.07) is 3.89. The van der Waals surface area contributed by atoms with Crippen molar-refractivity contribution >= 4 is 29.1 Å². The van der Waals surface area contributed by atoms with Gasteiger partial charge in [0.25, 0.3) is 0 Å². The van der Waals surface area contributed by atoms with Gasteiger partial charge in [-0.05, 0) is 32.0 Å².